The first-order valence-corrected chi connectivity index (χ1v) is 3.60. The SMILES string of the molecule is CC1=C(O)CCCC1C.[NaH]. The Balaban J connectivity index is 0.000000810. The zero-order valence-electron chi connectivity index (χ0n) is 6.15. The normalized spacial score (nSPS) is 26.0. The van der Waals surface area contributed by atoms with Crippen LogP contribution in [0.1, 0.15) is 33.1 Å². The number of aliphatic hydroxyl groups is 1. The molecule has 1 aliphatic rings. The van der Waals surface area contributed by atoms with Gasteiger partial charge in [-0.25, -0.2) is 0 Å². The molecule has 0 spiro atoms. The van der Waals surface area contributed by atoms with Crippen LogP contribution in [-0.2, 0) is 0 Å². The standard InChI is InChI=1S/C8H14O.Na.H/c1-6-4-3-5-8(9)7(6)2;;/h6,9H,3-5H2,1-2H3;;. The van der Waals surface area contributed by atoms with Crippen LogP contribution in [0.4, 0.5) is 0 Å². The van der Waals surface area contributed by atoms with E-state index in [0.29, 0.717) is 11.7 Å². The van der Waals surface area contributed by atoms with Gasteiger partial charge in [-0.1, -0.05) is 6.92 Å². The quantitative estimate of drug-likeness (QED) is 0.523. The molecule has 0 bridgehead atoms. The van der Waals surface area contributed by atoms with Crippen LogP contribution in [0.5, 0.6) is 0 Å². The van der Waals surface area contributed by atoms with Crippen molar-refractivity contribution < 1.29 is 5.11 Å². The van der Waals surface area contributed by atoms with Crippen molar-refractivity contribution in [2.24, 2.45) is 5.92 Å². The molecule has 0 fully saturated rings. The fourth-order valence-electron chi connectivity index (χ4n) is 1.27. The molecule has 1 rings (SSSR count). The number of rotatable bonds is 0. The zero-order chi connectivity index (χ0) is 6.85. The van der Waals surface area contributed by atoms with Gasteiger partial charge < -0.3 is 5.11 Å². The van der Waals surface area contributed by atoms with Gasteiger partial charge in [0.2, 0.25) is 0 Å². The molecule has 0 aromatic carbocycles. The summed E-state index contributed by atoms with van der Waals surface area (Å²) in [5.74, 6) is 1.24. The summed E-state index contributed by atoms with van der Waals surface area (Å²) in [7, 11) is 0. The van der Waals surface area contributed by atoms with Crippen LogP contribution in [0.3, 0.4) is 0 Å². The van der Waals surface area contributed by atoms with Crippen molar-refractivity contribution in [3.05, 3.63) is 11.3 Å². The van der Waals surface area contributed by atoms with Gasteiger partial charge in [-0.15, -0.1) is 0 Å². The van der Waals surface area contributed by atoms with E-state index in [-0.39, 0.29) is 29.6 Å². The third-order valence-corrected chi connectivity index (χ3v) is 2.25. The van der Waals surface area contributed by atoms with Gasteiger partial charge in [-0.05, 0) is 31.3 Å². The van der Waals surface area contributed by atoms with Gasteiger partial charge in [0.15, 0.2) is 0 Å². The Morgan fingerprint density at radius 2 is 2.10 bits per heavy atom. The van der Waals surface area contributed by atoms with E-state index in [1.807, 2.05) is 6.92 Å². The summed E-state index contributed by atoms with van der Waals surface area (Å²) in [5, 5.41) is 9.23. The first-order valence-electron chi connectivity index (χ1n) is 3.60. The summed E-state index contributed by atoms with van der Waals surface area (Å²) in [4.78, 5) is 0. The van der Waals surface area contributed by atoms with Crippen LogP contribution in [0.25, 0.3) is 0 Å². The second kappa shape index (κ2) is 4.42. The Bertz CT molecular complexity index is 140. The number of allylic oxidation sites excluding steroid dienone is 2. The summed E-state index contributed by atoms with van der Waals surface area (Å²) in [5.41, 5.74) is 1.20. The molecule has 0 radical (unpaired) electrons. The van der Waals surface area contributed by atoms with Gasteiger partial charge in [0.25, 0.3) is 0 Å². The summed E-state index contributed by atoms with van der Waals surface area (Å²) in [6.45, 7) is 4.20. The third kappa shape index (κ3) is 2.30. The molecule has 0 aromatic rings. The van der Waals surface area contributed by atoms with E-state index in [4.69, 9.17) is 0 Å². The summed E-state index contributed by atoms with van der Waals surface area (Å²) in [6.07, 6.45) is 3.30. The van der Waals surface area contributed by atoms with Gasteiger partial charge in [0.05, 0.1) is 5.76 Å². The van der Waals surface area contributed by atoms with E-state index < -0.39 is 0 Å². The maximum absolute atomic E-state index is 9.23. The van der Waals surface area contributed by atoms with Crippen LogP contribution in [0, 0.1) is 5.92 Å². The molecule has 1 atom stereocenters. The van der Waals surface area contributed by atoms with Crippen LogP contribution in [0.2, 0.25) is 0 Å². The van der Waals surface area contributed by atoms with E-state index in [0.717, 1.165) is 12.8 Å². The second-order valence-electron chi connectivity index (χ2n) is 2.92. The molecule has 1 nitrogen and oxygen atoms in total. The summed E-state index contributed by atoms with van der Waals surface area (Å²) < 4.78 is 0. The van der Waals surface area contributed by atoms with Gasteiger partial charge in [-0.3, -0.25) is 0 Å². The molecule has 0 saturated heterocycles. The van der Waals surface area contributed by atoms with E-state index in [1.165, 1.54) is 12.0 Å². The van der Waals surface area contributed by atoms with Crippen molar-refractivity contribution in [3.63, 3.8) is 0 Å². The first kappa shape index (κ1) is 10.5. The van der Waals surface area contributed by atoms with Gasteiger partial charge in [0.1, 0.15) is 0 Å². The number of aliphatic hydroxyl groups excluding tert-OH is 1. The molecule has 0 heterocycles. The van der Waals surface area contributed by atoms with E-state index in [1.54, 1.807) is 0 Å². The van der Waals surface area contributed by atoms with Crippen molar-refractivity contribution >= 4 is 29.6 Å². The summed E-state index contributed by atoms with van der Waals surface area (Å²) >= 11 is 0. The van der Waals surface area contributed by atoms with E-state index in [2.05, 4.69) is 6.92 Å². The van der Waals surface area contributed by atoms with Crippen molar-refractivity contribution in [1.82, 2.24) is 0 Å². The topological polar surface area (TPSA) is 20.2 Å². The van der Waals surface area contributed by atoms with Gasteiger partial charge in [0, 0.05) is 6.42 Å². The molecule has 0 aromatic heterocycles. The Morgan fingerprint density at radius 1 is 1.50 bits per heavy atom. The Kier molecular flexibility index (Phi) is 4.66. The molecule has 10 heavy (non-hydrogen) atoms. The molecule has 1 N–H and O–H groups in total. The van der Waals surface area contributed by atoms with Gasteiger partial charge in [-0.2, -0.15) is 0 Å². The number of hydrogen-bond donors (Lipinski definition) is 1. The van der Waals surface area contributed by atoms with Crippen LogP contribution >= 0.6 is 0 Å². The maximum atomic E-state index is 9.23. The molecule has 2 heteroatoms. The monoisotopic (exact) mass is 150 g/mol. The van der Waals surface area contributed by atoms with Gasteiger partial charge >= 0.3 is 29.6 Å². The molecule has 54 valence electrons. The predicted molar refractivity (Wildman–Crippen MR) is 45.5 cm³/mol. The van der Waals surface area contributed by atoms with Crippen molar-refractivity contribution in [1.29, 1.82) is 0 Å². The van der Waals surface area contributed by atoms with E-state index >= 15 is 0 Å². The second-order valence-corrected chi connectivity index (χ2v) is 2.92. The molecular weight excluding hydrogens is 135 g/mol. The van der Waals surface area contributed by atoms with Crippen LogP contribution < -0.4 is 0 Å². The number of hydrogen-bond acceptors (Lipinski definition) is 1. The van der Waals surface area contributed by atoms with Crippen LogP contribution in [0.15, 0.2) is 11.3 Å². The Labute approximate surface area is 84.8 Å². The average Bonchev–Trinajstić information content (AvgIpc) is 1.83. The fourth-order valence-corrected chi connectivity index (χ4v) is 1.27. The fraction of sp³-hybridized carbons (Fsp3) is 0.750. The van der Waals surface area contributed by atoms with Crippen LogP contribution in [-0.4, -0.2) is 34.7 Å². The summed E-state index contributed by atoms with van der Waals surface area (Å²) in [6, 6.07) is 0. The van der Waals surface area contributed by atoms with Crippen molar-refractivity contribution in [3.8, 4) is 0 Å². The molecule has 0 aliphatic heterocycles. The van der Waals surface area contributed by atoms with Crippen molar-refractivity contribution in [2.45, 2.75) is 33.1 Å². The minimum atomic E-state index is 0. The molecule has 1 aliphatic carbocycles. The predicted octanol–water partition coefficient (Wildman–Crippen LogP) is 1.99. The minimum absolute atomic E-state index is 0. The molecule has 0 amide bonds. The first-order chi connectivity index (χ1) is 4.22. The van der Waals surface area contributed by atoms with E-state index in [9.17, 15) is 5.11 Å². The third-order valence-electron chi connectivity index (χ3n) is 2.25. The zero-order valence-corrected chi connectivity index (χ0v) is 6.15. The van der Waals surface area contributed by atoms with Crippen molar-refractivity contribution in [2.75, 3.05) is 0 Å². The molecule has 0 saturated carbocycles. The average molecular weight is 150 g/mol. The Hall–Kier alpha value is 0.540. The molecular formula is C8H15NaO. The molecule has 1 unspecified atom stereocenters. The Morgan fingerprint density at radius 3 is 2.50 bits per heavy atom.